The molecule has 0 saturated carbocycles. The van der Waals surface area contributed by atoms with Gasteiger partial charge in [-0.1, -0.05) is 6.07 Å². The molecule has 0 radical (unpaired) electrons. The monoisotopic (exact) mass is 305 g/mol. The van der Waals surface area contributed by atoms with Crippen LogP contribution in [-0.2, 0) is 4.79 Å². The van der Waals surface area contributed by atoms with Crippen LogP contribution in [0.1, 0.15) is 21.1 Å². The van der Waals surface area contributed by atoms with Crippen molar-refractivity contribution in [1.82, 2.24) is 4.98 Å². The zero-order valence-corrected chi connectivity index (χ0v) is 12.5. The summed E-state index contributed by atoms with van der Waals surface area (Å²) in [5.41, 5.74) is 6.29. The van der Waals surface area contributed by atoms with Crippen molar-refractivity contribution in [3.63, 3.8) is 0 Å². The Balaban J connectivity index is 1.93. The number of carbonyl (C=O) groups is 2. The molecule has 1 aromatic carbocycles. The summed E-state index contributed by atoms with van der Waals surface area (Å²) < 4.78 is 5.34. The molecule has 110 valence electrons. The van der Waals surface area contributed by atoms with E-state index in [2.05, 4.69) is 10.3 Å². The second-order valence-corrected chi connectivity index (χ2v) is 5.58. The van der Waals surface area contributed by atoms with E-state index in [1.807, 2.05) is 13.8 Å². The zero-order valence-electron chi connectivity index (χ0n) is 11.7. The van der Waals surface area contributed by atoms with Crippen LogP contribution in [0, 0.1) is 13.8 Å². The maximum absolute atomic E-state index is 11.8. The Kier molecular flexibility index (Phi) is 4.54. The molecule has 0 atom stereocenters. The number of nitrogens with one attached hydrogen (secondary N) is 1. The van der Waals surface area contributed by atoms with Crippen LogP contribution in [0.5, 0.6) is 5.75 Å². The normalized spacial score (nSPS) is 10.2. The first-order valence-corrected chi connectivity index (χ1v) is 7.04. The highest BCUT2D eigenvalue weighted by Gasteiger charge is 2.10. The van der Waals surface area contributed by atoms with Gasteiger partial charge >= 0.3 is 0 Å². The number of hydrogen-bond donors (Lipinski definition) is 2. The summed E-state index contributed by atoms with van der Waals surface area (Å²) in [5.74, 6) is -0.412. The van der Waals surface area contributed by atoms with Crippen molar-refractivity contribution >= 4 is 28.2 Å². The van der Waals surface area contributed by atoms with E-state index >= 15 is 0 Å². The number of benzene rings is 1. The van der Waals surface area contributed by atoms with Crippen molar-refractivity contribution < 1.29 is 14.3 Å². The Morgan fingerprint density at radius 1 is 1.38 bits per heavy atom. The van der Waals surface area contributed by atoms with Crippen LogP contribution in [0.25, 0.3) is 0 Å². The van der Waals surface area contributed by atoms with Gasteiger partial charge in [-0.05, 0) is 32.0 Å². The van der Waals surface area contributed by atoms with E-state index < -0.39 is 5.91 Å². The van der Waals surface area contributed by atoms with Gasteiger partial charge in [0.1, 0.15) is 10.8 Å². The van der Waals surface area contributed by atoms with Crippen molar-refractivity contribution in [3.05, 3.63) is 40.5 Å². The molecule has 1 aromatic heterocycles. The van der Waals surface area contributed by atoms with Crippen LogP contribution >= 0.6 is 11.3 Å². The fourth-order valence-electron chi connectivity index (χ4n) is 1.70. The van der Waals surface area contributed by atoms with Crippen molar-refractivity contribution in [3.8, 4) is 5.75 Å². The number of nitrogens with zero attached hydrogens (tertiary/aromatic N) is 1. The van der Waals surface area contributed by atoms with Gasteiger partial charge in [-0.15, -0.1) is 11.3 Å². The average Bonchev–Trinajstić information content (AvgIpc) is 2.75. The maximum atomic E-state index is 11.8. The van der Waals surface area contributed by atoms with Crippen LogP contribution < -0.4 is 15.8 Å². The summed E-state index contributed by atoms with van der Waals surface area (Å²) in [5, 5.41) is 4.34. The number of anilines is 1. The zero-order chi connectivity index (χ0) is 15.4. The Morgan fingerprint density at radius 3 is 2.76 bits per heavy atom. The first kappa shape index (κ1) is 15.0. The highest BCUT2D eigenvalue weighted by atomic mass is 32.1. The van der Waals surface area contributed by atoms with Crippen LogP contribution in [0.4, 0.5) is 5.00 Å². The van der Waals surface area contributed by atoms with Crippen molar-refractivity contribution in [2.75, 3.05) is 11.9 Å². The molecule has 2 amide bonds. The van der Waals surface area contributed by atoms with Gasteiger partial charge in [-0.2, -0.15) is 0 Å². The molecular formula is C14H15N3O3S. The minimum absolute atomic E-state index is 0.154. The van der Waals surface area contributed by atoms with E-state index in [1.54, 1.807) is 18.2 Å². The maximum Gasteiger partial charge on any atom is 0.262 e. The number of hydrogen-bond acceptors (Lipinski definition) is 5. The molecule has 0 bridgehead atoms. The highest BCUT2D eigenvalue weighted by molar-refractivity contribution is 7.16. The van der Waals surface area contributed by atoms with Gasteiger partial charge in [0.15, 0.2) is 6.61 Å². The molecular weight excluding hydrogens is 290 g/mol. The number of aryl methyl sites for hydroxylation is 2. The summed E-state index contributed by atoms with van der Waals surface area (Å²) in [6.45, 7) is 3.55. The lowest BCUT2D eigenvalue weighted by molar-refractivity contribution is -0.118. The van der Waals surface area contributed by atoms with Crippen LogP contribution in [0.2, 0.25) is 0 Å². The van der Waals surface area contributed by atoms with Crippen molar-refractivity contribution in [1.29, 1.82) is 0 Å². The van der Waals surface area contributed by atoms with Gasteiger partial charge in [-0.3, -0.25) is 9.59 Å². The Hall–Kier alpha value is -2.41. The molecule has 0 spiro atoms. The topological polar surface area (TPSA) is 94.3 Å². The van der Waals surface area contributed by atoms with Gasteiger partial charge in [-0.25, -0.2) is 4.98 Å². The van der Waals surface area contributed by atoms with E-state index in [0.29, 0.717) is 16.3 Å². The second-order valence-electron chi connectivity index (χ2n) is 4.38. The molecule has 0 saturated heterocycles. The number of carbonyl (C=O) groups excluding carboxylic acids is 2. The van der Waals surface area contributed by atoms with Gasteiger partial charge < -0.3 is 15.8 Å². The highest BCUT2D eigenvalue weighted by Crippen LogP contribution is 2.23. The number of primary amides is 1. The lowest BCUT2D eigenvalue weighted by Gasteiger charge is -2.07. The lowest BCUT2D eigenvalue weighted by atomic mass is 10.2. The van der Waals surface area contributed by atoms with Gasteiger partial charge in [0.25, 0.3) is 5.91 Å². The van der Waals surface area contributed by atoms with E-state index in [4.69, 9.17) is 10.5 Å². The molecule has 7 heteroatoms. The molecule has 0 aliphatic rings. The number of aromatic nitrogens is 1. The molecule has 6 nitrogen and oxygen atoms in total. The molecule has 2 rings (SSSR count). The standard InChI is InChI=1S/C14H15N3O3S/c1-8-14(21-9(2)16-8)17-12(18)7-20-11-5-3-4-10(6-11)13(15)19/h3-6H,7H2,1-2H3,(H2,15,19)(H,17,18). The van der Waals surface area contributed by atoms with Crippen LogP contribution in [0.3, 0.4) is 0 Å². The summed E-state index contributed by atoms with van der Waals surface area (Å²) in [7, 11) is 0. The third-order valence-electron chi connectivity index (χ3n) is 2.64. The second kappa shape index (κ2) is 6.36. The van der Waals surface area contributed by atoms with Crippen LogP contribution in [-0.4, -0.2) is 23.4 Å². The Bertz CT molecular complexity index is 682. The number of rotatable bonds is 5. The van der Waals surface area contributed by atoms with Gasteiger partial charge in [0, 0.05) is 5.56 Å². The van der Waals surface area contributed by atoms with E-state index in [0.717, 1.165) is 10.7 Å². The Morgan fingerprint density at radius 2 is 2.14 bits per heavy atom. The fraction of sp³-hybridized carbons (Fsp3) is 0.214. The summed E-state index contributed by atoms with van der Waals surface area (Å²) in [4.78, 5) is 27.1. The minimum atomic E-state index is -0.541. The molecule has 0 aliphatic carbocycles. The Labute approximate surface area is 125 Å². The van der Waals surface area contributed by atoms with Gasteiger partial charge in [0.2, 0.25) is 5.91 Å². The molecule has 0 unspecified atom stereocenters. The van der Waals surface area contributed by atoms with Crippen molar-refractivity contribution in [2.45, 2.75) is 13.8 Å². The fourth-order valence-corrected chi connectivity index (χ4v) is 2.53. The third kappa shape index (κ3) is 4.03. The molecule has 3 N–H and O–H groups in total. The summed E-state index contributed by atoms with van der Waals surface area (Å²) in [6, 6.07) is 6.38. The first-order valence-electron chi connectivity index (χ1n) is 6.22. The van der Waals surface area contributed by atoms with E-state index in [-0.39, 0.29) is 12.5 Å². The molecule has 1 heterocycles. The van der Waals surface area contributed by atoms with E-state index in [9.17, 15) is 9.59 Å². The smallest absolute Gasteiger partial charge is 0.262 e. The summed E-state index contributed by atoms with van der Waals surface area (Å²) in [6.07, 6.45) is 0. The third-order valence-corrected chi connectivity index (χ3v) is 3.63. The number of nitrogens with two attached hydrogens (primary N) is 1. The van der Waals surface area contributed by atoms with E-state index in [1.165, 1.54) is 17.4 Å². The predicted octanol–water partition coefficient (Wildman–Crippen LogP) is 1.88. The molecule has 21 heavy (non-hydrogen) atoms. The van der Waals surface area contributed by atoms with Crippen LogP contribution in [0.15, 0.2) is 24.3 Å². The number of ether oxygens (including phenoxy) is 1. The number of thiazole rings is 1. The lowest BCUT2D eigenvalue weighted by Crippen LogP contribution is -2.20. The quantitative estimate of drug-likeness (QED) is 0.881. The van der Waals surface area contributed by atoms with Gasteiger partial charge in [0.05, 0.1) is 10.7 Å². The SMILES string of the molecule is Cc1nc(C)c(NC(=O)COc2cccc(C(N)=O)c2)s1. The summed E-state index contributed by atoms with van der Waals surface area (Å²) >= 11 is 1.41. The minimum Gasteiger partial charge on any atom is -0.484 e. The largest absolute Gasteiger partial charge is 0.484 e. The molecule has 2 aromatic rings. The first-order chi connectivity index (χ1) is 9.95. The number of amides is 2. The van der Waals surface area contributed by atoms with Crippen molar-refractivity contribution in [2.24, 2.45) is 5.73 Å². The molecule has 0 aliphatic heterocycles. The average molecular weight is 305 g/mol. The molecule has 0 fully saturated rings. The predicted molar refractivity (Wildman–Crippen MR) is 80.7 cm³/mol.